The SMILES string of the molecule is CCCNCCCS(=O)(=O)NCC1Cc2ccccc2O1. The predicted molar refractivity (Wildman–Crippen MR) is 84.1 cm³/mol. The molecule has 0 spiro atoms. The van der Waals surface area contributed by atoms with E-state index in [1.54, 1.807) is 0 Å². The van der Waals surface area contributed by atoms with Gasteiger partial charge in [0.2, 0.25) is 10.0 Å². The minimum absolute atomic E-state index is 0.101. The smallest absolute Gasteiger partial charge is 0.211 e. The van der Waals surface area contributed by atoms with Crippen molar-refractivity contribution in [2.24, 2.45) is 0 Å². The molecular formula is C15H24N2O3S. The van der Waals surface area contributed by atoms with Crippen LogP contribution in [-0.2, 0) is 16.4 Å². The van der Waals surface area contributed by atoms with E-state index < -0.39 is 10.0 Å². The lowest BCUT2D eigenvalue weighted by Gasteiger charge is -2.12. The maximum Gasteiger partial charge on any atom is 0.211 e. The number of benzene rings is 1. The van der Waals surface area contributed by atoms with Gasteiger partial charge < -0.3 is 10.1 Å². The molecule has 0 radical (unpaired) electrons. The molecule has 21 heavy (non-hydrogen) atoms. The second-order valence-corrected chi connectivity index (χ2v) is 7.25. The van der Waals surface area contributed by atoms with Crippen molar-refractivity contribution in [3.63, 3.8) is 0 Å². The molecule has 1 aromatic carbocycles. The summed E-state index contributed by atoms with van der Waals surface area (Å²) in [7, 11) is -3.21. The van der Waals surface area contributed by atoms with Gasteiger partial charge in [0.15, 0.2) is 0 Å². The van der Waals surface area contributed by atoms with E-state index in [-0.39, 0.29) is 11.9 Å². The predicted octanol–water partition coefficient (Wildman–Crippen LogP) is 1.30. The van der Waals surface area contributed by atoms with Crippen LogP contribution >= 0.6 is 0 Å². The van der Waals surface area contributed by atoms with E-state index in [1.165, 1.54) is 0 Å². The molecule has 0 aliphatic carbocycles. The van der Waals surface area contributed by atoms with Crippen LogP contribution in [0, 0.1) is 0 Å². The monoisotopic (exact) mass is 312 g/mol. The van der Waals surface area contributed by atoms with Gasteiger partial charge in [-0.05, 0) is 37.6 Å². The van der Waals surface area contributed by atoms with Gasteiger partial charge in [0, 0.05) is 13.0 Å². The molecule has 0 amide bonds. The van der Waals surface area contributed by atoms with Crippen molar-refractivity contribution in [2.75, 3.05) is 25.4 Å². The maximum atomic E-state index is 11.9. The Morgan fingerprint density at radius 1 is 1.29 bits per heavy atom. The van der Waals surface area contributed by atoms with Crippen LogP contribution in [0.2, 0.25) is 0 Å². The van der Waals surface area contributed by atoms with Gasteiger partial charge in [-0.3, -0.25) is 0 Å². The van der Waals surface area contributed by atoms with Gasteiger partial charge in [-0.1, -0.05) is 25.1 Å². The lowest BCUT2D eigenvalue weighted by atomic mass is 10.1. The molecule has 1 aromatic rings. The van der Waals surface area contributed by atoms with Crippen LogP contribution in [0.15, 0.2) is 24.3 Å². The Kier molecular flexibility index (Phi) is 6.02. The summed E-state index contributed by atoms with van der Waals surface area (Å²) >= 11 is 0. The molecule has 1 heterocycles. The van der Waals surface area contributed by atoms with Gasteiger partial charge in [-0.25, -0.2) is 13.1 Å². The number of para-hydroxylation sites is 1. The molecule has 2 rings (SSSR count). The van der Waals surface area contributed by atoms with Crippen LogP contribution in [0.5, 0.6) is 5.75 Å². The second kappa shape index (κ2) is 7.77. The van der Waals surface area contributed by atoms with Crippen LogP contribution in [-0.4, -0.2) is 39.9 Å². The Labute approximate surface area is 127 Å². The highest BCUT2D eigenvalue weighted by Crippen LogP contribution is 2.27. The van der Waals surface area contributed by atoms with Crippen molar-refractivity contribution < 1.29 is 13.2 Å². The fraction of sp³-hybridized carbons (Fsp3) is 0.600. The zero-order chi connectivity index (χ0) is 15.1. The summed E-state index contributed by atoms with van der Waals surface area (Å²) in [5.41, 5.74) is 1.14. The fourth-order valence-electron chi connectivity index (χ4n) is 2.35. The van der Waals surface area contributed by atoms with Gasteiger partial charge in [0.05, 0.1) is 5.75 Å². The average Bonchev–Trinajstić information content (AvgIpc) is 2.88. The summed E-state index contributed by atoms with van der Waals surface area (Å²) in [5, 5.41) is 3.20. The van der Waals surface area contributed by atoms with E-state index in [9.17, 15) is 8.42 Å². The number of ether oxygens (including phenoxy) is 1. The molecule has 0 aromatic heterocycles. The normalized spacial score (nSPS) is 17.5. The molecule has 2 N–H and O–H groups in total. The van der Waals surface area contributed by atoms with E-state index in [1.807, 2.05) is 24.3 Å². The Hall–Kier alpha value is -1.11. The first-order valence-electron chi connectivity index (χ1n) is 7.53. The molecule has 5 nitrogen and oxygen atoms in total. The topological polar surface area (TPSA) is 67.4 Å². The molecule has 1 aliphatic heterocycles. The molecule has 0 saturated heterocycles. The molecule has 6 heteroatoms. The minimum Gasteiger partial charge on any atom is -0.488 e. The standard InChI is InChI=1S/C15H24N2O3S/c1-2-8-16-9-5-10-21(18,19)17-12-14-11-13-6-3-4-7-15(13)20-14/h3-4,6-7,14,16-17H,2,5,8-12H2,1H3. The number of hydrogen-bond donors (Lipinski definition) is 2. The van der Waals surface area contributed by atoms with E-state index in [0.29, 0.717) is 13.0 Å². The van der Waals surface area contributed by atoms with Crippen molar-refractivity contribution in [3.05, 3.63) is 29.8 Å². The van der Waals surface area contributed by atoms with Crippen LogP contribution in [0.25, 0.3) is 0 Å². The Morgan fingerprint density at radius 2 is 2.10 bits per heavy atom. The Bertz CT molecular complexity index is 521. The molecule has 0 saturated carbocycles. The van der Waals surface area contributed by atoms with Gasteiger partial charge in [-0.2, -0.15) is 0 Å². The van der Waals surface area contributed by atoms with Crippen LogP contribution in [0.4, 0.5) is 0 Å². The molecule has 0 fully saturated rings. The van der Waals surface area contributed by atoms with E-state index in [4.69, 9.17) is 4.74 Å². The highest BCUT2D eigenvalue weighted by molar-refractivity contribution is 7.89. The van der Waals surface area contributed by atoms with Crippen molar-refractivity contribution in [1.82, 2.24) is 10.0 Å². The quantitative estimate of drug-likeness (QED) is 0.675. The highest BCUT2D eigenvalue weighted by Gasteiger charge is 2.23. The van der Waals surface area contributed by atoms with Crippen LogP contribution < -0.4 is 14.8 Å². The van der Waals surface area contributed by atoms with Gasteiger partial charge in [-0.15, -0.1) is 0 Å². The summed E-state index contributed by atoms with van der Waals surface area (Å²) in [4.78, 5) is 0. The minimum atomic E-state index is -3.21. The zero-order valence-electron chi connectivity index (χ0n) is 12.5. The number of nitrogens with one attached hydrogen (secondary N) is 2. The fourth-order valence-corrected chi connectivity index (χ4v) is 3.46. The highest BCUT2D eigenvalue weighted by atomic mass is 32.2. The third-order valence-electron chi connectivity index (χ3n) is 3.44. The third kappa shape index (κ3) is 5.30. The van der Waals surface area contributed by atoms with Gasteiger partial charge >= 0.3 is 0 Å². The van der Waals surface area contributed by atoms with Crippen molar-refractivity contribution >= 4 is 10.0 Å². The lowest BCUT2D eigenvalue weighted by molar-refractivity contribution is 0.236. The Balaban J connectivity index is 1.68. The molecular weight excluding hydrogens is 288 g/mol. The Morgan fingerprint density at radius 3 is 2.86 bits per heavy atom. The van der Waals surface area contributed by atoms with Crippen molar-refractivity contribution in [2.45, 2.75) is 32.3 Å². The van der Waals surface area contributed by atoms with E-state index >= 15 is 0 Å². The summed E-state index contributed by atoms with van der Waals surface area (Å²) in [5.74, 6) is 1.02. The number of sulfonamides is 1. The summed E-state index contributed by atoms with van der Waals surface area (Å²) in [6.07, 6.45) is 2.35. The molecule has 1 aliphatic rings. The summed E-state index contributed by atoms with van der Waals surface area (Å²) < 4.78 is 32.2. The van der Waals surface area contributed by atoms with Crippen LogP contribution in [0.3, 0.4) is 0 Å². The maximum absolute atomic E-state index is 11.9. The number of rotatable bonds is 9. The van der Waals surface area contributed by atoms with Gasteiger partial charge in [0.1, 0.15) is 11.9 Å². The largest absolute Gasteiger partial charge is 0.488 e. The summed E-state index contributed by atoms with van der Waals surface area (Å²) in [6.45, 7) is 4.09. The zero-order valence-corrected chi connectivity index (χ0v) is 13.3. The molecule has 118 valence electrons. The first kappa shape index (κ1) is 16.3. The van der Waals surface area contributed by atoms with E-state index in [2.05, 4.69) is 17.0 Å². The van der Waals surface area contributed by atoms with Gasteiger partial charge in [0.25, 0.3) is 0 Å². The first-order chi connectivity index (χ1) is 10.1. The average molecular weight is 312 g/mol. The second-order valence-electron chi connectivity index (χ2n) is 5.32. The molecule has 0 bridgehead atoms. The number of fused-ring (bicyclic) bond motifs is 1. The number of hydrogen-bond acceptors (Lipinski definition) is 4. The van der Waals surface area contributed by atoms with Crippen molar-refractivity contribution in [1.29, 1.82) is 0 Å². The van der Waals surface area contributed by atoms with E-state index in [0.717, 1.165) is 37.2 Å². The summed E-state index contributed by atoms with van der Waals surface area (Å²) in [6, 6.07) is 7.83. The molecule has 1 atom stereocenters. The first-order valence-corrected chi connectivity index (χ1v) is 9.18. The lowest BCUT2D eigenvalue weighted by Crippen LogP contribution is -2.36. The molecule has 1 unspecified atom stereocenters. The van der Waals surface area contributed by atoms with Crippen molar-refractivity contribution in [3.8, 4) is 5.75 Å². The van der Waals surface area contributed by atoms with Crippen LogP contribution in [0.1, 0.15) is 25.3 Å². The third-order valence-corrected chi connectivity index (χ3v) is 4.87.